The van der Waals surface area contributed by atoms with Gasteiger partial charge >= 0.3 is 0 Å². The second-order valence-corrected chi connectivity index (χ2v) is 4.62. The summed E-state index contributed by atoms with van der Waals surface area (Å²) >= 11 is 6.13. The highest BCUT2D eigenvalue weighted by molar-refractivity contribution is 6.20. The standard InChI is InChI=1S/C11H14ClFN2/c1-8-7-15(5-3-9(8)12)11-2-4-14-6-10(11)13/h2,4,6,8-9H,3,5,7H2,1H3. The summed E-state index contributed by atoms with van der Waals surface area (Å²) in [4.78, 5) is 5.79. The number of rotatable bonds is 1. The zero-order chi connectivity index (χ0) is 10.8. The first-order valence-corrected chi connectivity index (χ1v) is 5.60. The molecule has 2 heterocycles. The van der Waals surface area contributed by atoms with E-state index in [1.165, 1.54) is 6.20 Å². The molecule has 0 spiro atoms. The Labute approximate surface area is 94.1 Å². The quantitative estimate of drug-likeness (QED) is 0.687. The fraction of sp³-hybridized carbons (Fsp3) is 0.545. The second-order valence-electron chi connectivity index (χ2n) is 4.06. The lowest BCUT2D eigenvalue weighted by atomic mass is 9.99. The zero-order valence-corrected chi connectivity index (χ0v) is 9.41. The zero-order valence-electron chi connectivity index (χ0n) is 8.66. The van der Waals surface area contributed by atoms with Crippen LogP contribution in [0, 0.1) is 11.7 Å². The molecule has 0 amide bonds. The molecule has 2 atom stereocenters. The van der Waals surface area contributed by atoms with Gasteiger partial charge in [0.2, 0.25) is 0 Å². The van der Waals surface area contributed by atoms with Gasteiger partial charge in [-0.25, -0.2) is 4.39 Å². The molecular formula is C11H14ClFN2. The van der Waals surface area contributed by atoms with Crippen molar-refractivity contribution in [3.05, 3.63) is 24.3 Å². The van der Waals surface area contributed by atoms with Crippen molar-refractivity contribution in [2.24, 2.45) is 5.92 Å². The molecule has 1 aromatic heterocycles. The summed E-state index contributed by atoms with van der Waals surface area (Å²) in [5, 5.41) is 0.214. The molecule has 4 heteroatoms. The number of piperidine rings is 1. The highest BCUT2D eigenvalue weighted by Gasteiger charge is 2.25. The molecular weight excluding hydrogens is 215 g/mol. The minimum atomic E-state index is -0.252. The fourth-order valence-corrected chi connectivity index (χ4v) is 2.14. The lowest BCUT2D eigenvalue weighted by molar-refractivity contribution is 0.449. The molecule has 0 radical (unpaired) electrons. The molecule has 1 fully saturated rings. The van der Waals surface area contributed by atoms with Crippen molar-refractivity contribution in [2.75, 3.05) is 18.0 Å². The van der Waals surface area contributed by atoms with E-state index >= 15 is 0 Å². The molecule has 15 heavy (non-hydrogen) atoms. The smallest absolute Gasteiger partial charge is 0.164 e. The van der Waals surface area contributed by atoms with Gasteiger partial charge in [-0.3, -0.25) is 4.98 Å². The predicted molar refractivity (Wildman–Crippen MR) is 59.8 cm³/mol. The van der Waals surface area contributed by atoms with Crippen molar-refractivity contribution in [3.63, 3.8) is 0 Å². The fourth-order valence-electron chi connectivity index (χ4n) is 1.96. The van der Waals surface area contributed by atoms with Gasteiger partial charge in [0, 0.05) is 24.7 Å². The first kappa shape index (κ1) is 10.7. The van der Waals surface area contributed by atoms with E-state index in [-0.39, 0.29) is 11.2 Å². The molecule has 0 aromatic carbocycles. The van der Waals surface area contributed by atoms with Gasteiger partial charge in [0.15, 0.2) is 5.82 Å². The summed E-state index contributed by atoms with van der Waals surface area (Å²) in [7, 11) is 0. The van der Waals surface area contributed by atoms with Gasteiger partial charge < -0.3 is 4.90 Å². The van der Waals surface area contributed by atoms with Gasteiger partial charge in [0.25, 0.3) is 0 Å². The molecule has 1 aliphatic rings. The van der Waals surface area contributed by atoms with Gasteiger partial charge in [-0.2, -0.15) is 0 Å². The third kappa shape index (κ3) is 2.23. The lowest BCUT2D eigenvalue weighted by Gasteiger charge is -2.35. The van der Waals surface area contributed by atoms with E-state index in [1.807, 2.05) is 4.90 Å². The molecule has 0 aliphatic carbocycles. The van der Waals surface area contributed by atoms with Crippen molar-refractivity contribution in [2.45, 2.75) is 18.7 Å². The van der Waals surface area contributed by atoms with Crippen LogP contribution in [0.5, 0.6) is 0 Å². The monoisotopic (exact) mass is 228 g/mol. The van der Waals surface area contributed by atoms with Gasteiger partial charge in [-0.1, -0.05) is 6.92 Å². The summed E-state index contributed by atoms with van der Waals surface area (Å²) in [5.41, 5.74) is 0.639. The number of nitrogens with zero attached hydrogens (tertiary/aromatic N) is 2. The molecule has 2 nitrogen and oxygen atoms in total. The number of hydrogen-bond donors (Lipinski definition) is 0. The Kier molecular flexibility index (Phi) is 3.10. The van der Waals surface area contributed by atoms with Crippen LogP contribution in [0.15, 0.2) is 18.5 Å². The minimum absolute atomic E-state index is 0.214. The summed E-state index contributed by atoms with van der Waals surface area (Å²) in [6, 6.07) is 1.72. The summed E-state index contributed by atoms with van der Waals surface area (Å²) < 4.78 is 13.5. The third-order valence-electron chi connectivity index (χ3n) is 2.89. The predicted octanol–water partition coefficient (Wildman–Crippen LogP) is 2.67. The maximum atomic E-state index is 13.5. The maximum Gasteiger partial charge on any atom is 0.164 e. The number of halogens is 2. The highest BCUT2D eigenvalue weighted by atomic mass is 35.5. The Balaban J connectivity index is 2.15. The van der Waals surface area contributed by atoms with E-state index in [0.717, 1.165) is 19.5 Å². The Morgan fingerprint density at radius 2 is 2.40 bits per heavy atom. The molecule has 82 valence electrons. The van der Waals surface area contributed by atoms with Crippen LogP contribution >= 0.6 is 11.6 Å². The Morgan fingerprint density at radius 3 is 3.07 bits per heavy atom. The van der Waals surface area contributed by atoms with Crippen LogP contribution in [-0.2, 0) is 0 Å². The Morgan fingerprint density at radius 1 is 1.60 bits per heavy atom. The van der Waals surface area contributed by atoms with E-state index in [1.54, 1.807) is 12.3 Å². The summed E-state index contributed by atoms with van der Waals surface area (Å²) in [6.07, 6.45) is 3.78. The number of anilines is 1. The van der Waals surface area contributed by atoms with Gasteiger partial charge in [0.05, 0.1) is 11.9 Å². The van der Waals surface area contributed by atoms with Gasteiger partial charge in [0.1, 0.15) is 0 Å². The van der Waals surface area contributed by atoms with E-state index in [9.17, 15) is 4.39 Å². The molecule has 2 rings (SSSR count). The molecule has 0 saturated carbocycles. The molecule has 1 aliphatic heterocycles. The number of hydrogen-bond acceptors (Lipinski definition) is 2. The van der Waals surface area contributed by atoms with Crippen LogP contribution in [0.4, 0.5) is 10.1 Å². The first-order chi connectivity index (χ1) is 7.18. The normalized spacial score (nSPS) is 26.7. The number of pyridine rings is 1. The van der Waals surface area contributed by atoms with E-state index in [0.29, 0.717) is 11.6 Å². The van der Waals surface area contributed by atoms with Gasteiger partial charge in [-0.05, 0) is 18.4 Å². The van der Waals surface area contributed by atoms with Crippen molar-refractivity contribution < 1.29 is 4.39 Å². The SMILES string of the molecule is CC1CN(c2ccncc2F)CCC1Cl. The Hall–Kier alpha value is -0.830. The average molecular weight is 229 g/mol. The van der Waals surface area contributed by atoms with E-state index < -0.39 is 0 Å². The minimum Gasteiger partial charge on any atom is -0.369 e. The largest absolute Gasteiger partial charge is 0.369 e. The highest BCUT2D eigenvalue weighted by Crippen LogP contribution is 2.27. The molecule has 1 aromatic rings. The van der Waals surface area contributed by atoms with Crippen molar-refractivity contribution >= 4 is 17.3 Å². The number of aromatic nitrogens is 1. The summed E-state index contributed by atoms with van der Waals surface area (Å²) in [5.74, 6) is 0.144. The van der Waals surface area contributed by atoms with E-state index in [2.05, 4.69) is 11.9 Å². The van der Waals surface area contributed by atoms with Crippen LogP contribution in [0.3, 0.4) is 0 Å². The molecule has 0 N–H and O–H groups in total. The maximum absolute atomic E-state index is 13.5. The van der Waals surface area contributed by atoms with Crippen LogP contribution in [-0.4, -0.2) is 23.5 Å². The first-order valence-electron chi connectivity index (χ1n) is 5.17. The topological polar surface area (TPSA) is 16.1 Å². The number of alkyl halides is 1. The molecule has 2 unspecified atom stereocenters. The van der Waals surface area contributed by atoms with Crippen LogP contribution < -0.4 is 4.90 Å². The second kappa shape index (κ2) is 4.35. The third-order valence-corrected chi connectivity index (χ3v) is 3.54. The van der Waals surface area contributed by atoms with Crippen molar-refractivity contribution in [1.82, 2.24) is 4.98 Å². The van der Waals surface area contributed by atoms with Crippen LogP contribution in [0.1, 0.15) is 13.3 Å². The van der Waals surface area contributed by atoms with Crippen molar-refractivity contribution in [1.29, 1.82) is 0 Å². The Bertz CT molecular complexity index is 345. The average Bonchev–Trinajstić information content (AvgIpc) is 2.23. The van der Waals surface area contributed by atoms with E-state index in [4.69, 9.17) is 11.6 Å². The van der Waals surface area contributed by atoms with Gasteiger partial charge in [-0.15, -0.1) is 11.6 Å². The molecule has 0 bridgehead atoms. The lowest BCUT2D eigenvalue weighted by Crippen LogP contribution is -2.40. The van der Waals surface area contributed by atoms with Crippen LogP contribution in [0.25, 0.3) is 0 Å². The summed E-state index contributed by atoms with van der Waals surface area (Å²) in [6.45, 7) is 3.73. The molecule has 1 saturated heterocycles. The van der Waals surface area contributed by atoms with Crippen LogP contribution in [0.2, 0.25) is 0 Å². The van der Waals surface area contributed by atoms with Crippen molar-refractivity contribution in [3.8, 4) is 0 Å².